The van der Waals surface area contributed by atoms with E-state index in [2.05, 4.69) is 4.98 Å². The molecular formula is C11H12N2O2. The van der Waals surface area contributed by atoms with Crippen molar-refractivity contribution >= 4 is 16.9 Å². The van der Waals surface area contributed by atoms with Gasteiger partial charge in [0, 0.05) is 17.8 Å². The smallest absolute Gasteiger partial charge is 0.313 e. The van der Waals surface area contributed by atoms with Gasteiger partial charge in [0.15, 0.2) is 0 Å². The van der Waals surface area contributed by atoms with Crippen LogP contribution in [0.3, 0.4) is 0 Å². The van der Waals surface area contributed by atoms with Gasteiger partial charge >= 0.3 is 5.97 Å². The minimum Gasteiger partial charge on any atom is -0.481 e. The lowest BCUT2D eigenvalue weighted by molar-refractivity contribution is -0.138. The van der Waals surface area contributed by atoms with Crippen LogP contribution in [0.2, 0.25) is 0 Å². The topological polar surface area (TPSA) is 79.1 Å². The average molecular weight is 204 g/mol. The van der Waals surface area contributed by atoms with Crippen LogP contribution in [-0.2, 0) is 4.79 Å². The Balaban J connectivity index is 2.47. The van der Waals surface area contributed by atoms with Gasteiger partial charge in [-0.3, -0.25) is 4.79 Å². The van der Waals surface area contributed by atoms with E-state index in [1.165, 1.54) is 0 Å². The number of H-pyrrole nitrogens is 1. The summed E-state index contributed by atoms with van der Waals surface area (Å²) in [7, 11) is 0. The molecular weight excluding hydrogens is 192 g/mol. The first-order valence-corrected chi connectivity index (χ1v) is 4.73. The van der Waals surface area contributed by atoms with Gasteiger partial charge in [-0.25, -0.2) is 0 Å². The summed E-state index contributed by atoms with van der Waals surface area (Å²) in [6.45, 7) is 0.0994. The summed E-state index contributed by atoms with van der Waals surface area (Å²) >= 11 is 0. The van der Waals surface area contributed by atoms with Crippen LogP contribution in [0.1, 0.15) is 11.6 Å². The highest BCUT2D eigenvalue weighted by Gasteiger charge is 2.19. The van der Waals surface area contributed by atoms with Crippen LogP contribution >= 0.6 is 0 Å². The van der Waals surface area contributed by atoms with Crippen LogP contribution in [0.5, 0.6) is 0 Å². The molecule has 15 heavy (non-hydrogen) atoms. The first-order chi connectivity index (χ1) is 7.22. The van der Waals surface area contributed by atoms with Crippen LogP contribution in [0.25, 0.3) is 10.9 Å². The van der Waals surface area contributed by atoms with E-state index in [1.807, 2.05) is 30.3 Å². The summed E-state index contributed by atoms with van der Waals surface area (Å²) in [4.78, 5) is 14.0. The number of carboxylic acid groups (broad SMARTS) is 1. The number of aliphatic carboxylic acids is 1. The SMILES string of the molecule is NCC(C(=O)O)c1cc2ccccc2[nH]1. The number of aromatic amines is 1. The number of para-hydroxylation sites is 1. The Morgan fingerprint density at radius 3 is 2.80 bits per heavy atom. The molecule has 0 radical (unpaired) electrons. The molecule has 2 rings (SSSR count). The fourth-order valence-electron chi connectivity index (χ4n) is 1.64. The Bertz CT molecular complexity index is 457. The molecule has 4 heteroatoms. The number of nitrogens with one attached hydrogen (secondary N) is 1. The molecule has 0 saturated carbocycles. The van der Waals surface area contributed by atoms with Gasteiger partial charge < -0.3 is 15.8 Å². The molecule has 4 nitrogen and oxygen atoms in total. The van der Waals surface area contributed by atoms with E-state index in [9.17, 15) is 4.79 Å². The van der Waals surface area contributed by atoms with Gasteiger partial charge in [-0.1, -0.05) is 18.2 Å². The average Bonchev–Trinajstić information content (AvgIpc) is 2.61. The van der Waals surface area contributed by atoms with Crippen molar-refractivity contribution in [3.63, 3.8) is 0 Å². The molecule has 1 atom stereocenters. The zero-order valence-corrected chi connectivity index (χ0v) is 8.10. The van der Waals surface area contributed by atoms with Crippen molar-refractivity contribution < 1.29 is 9.90 Å². The van der Waals surface area contributed by atoms with E-state index >= 15 is 0 Å². The Labute approximate surface area is 86.7 Å². The third kappa shape index (κ3) is 1.71. The summed E-state index contributed by atoms with van der Waals surface area (Å²) in [6.07, 6.45) is 0. The second-order valence-corrected chi connectivity index (χ2v) is 3.44. The molecule has 1 aromatic carbocycles. The number of carboxylic acids is 1. The van der Waals surface area contributed by atoms with Gasteiger partial charge in [0.25, 0.3) is 0 Å². The van der Waals surface area contributed by atoms with Crippen molar-refractivity contribution in [2.75, 3.05) is 6.54 Å². The van der Waals surface area contributed by atoms with Crippen molar-refractivity contribution in [2.24, 2.45) is 5.73 Å². The standard InChI is InChI=1S/C11H12N2O2/c12-6-8(11(14)15)10-5-7-3-1-2-4-9(7)13-10/h1-5,8,13H,6,12H2,(H,14,15). The number of carbonyl (C=O) groups is 1. The maximum absolute atomic E-state index is 10.9. The summed E-state index contributed by atoms with van der Waals surface area (Å²) < 4.78 is 0. The van der Waals surface area contributed by atoms with Crippen LogP contribution in [0.4, 0.5) is 0 Å². The number of hydrogen-bond acceptors (Lipinski definition) is 2. The number of benzene rings is 1. The predicted octanol–water partition coefficient (Wildman–Crippen LogP) is 1.29. The van der Waals surface area contributed by atoms with Crippen LogP contribution in [-0.4, -0.2) is 22.6 Å². The molecule has 0 saturated heterocycles. The molecule has 0 fully saturated rings. The Morgan fingerprint density at radius 2 is 2.20 bits per heavy atom. The van der Waals surface area contributed by atoms with Gasteiger partial charge in [-0.2, -0.15) is 0 Å². The number of hydrogen-bond donors (Lipinski definition) is 3. The highest BCUT2D eigenvalue weighted by atomic mass is 16.4. The minimum absolute atomic E-state index is 0.0994. The molecule has 0 aliphatic carbocycles. The largest absolute Gasteiger partial charge is 0.481 e. The first-order valence-electron chi connectivity index (χ1n) is 4.73. The van der Waals surface area contributed by atoms with Crippen LogP contribution in [0, 0.1) is 0 Å². The molecule has 0 aliphatic heterocycles. The maximum atomic E-state index is 10.9. The highest BCUT2D eigenvalue weighted by Crippen LogP contribution is 2.20. The van der Waals surface area contributed by atoms with E-state index in [0.29, 0.717) is 5.69 Å². The number of aromatic nitrogens is 1. The van der Waals surface area contributed by atoms with E-state index in [1.54, 1.807) is 0 Å². The predicted molar refractivity (Wildman–Crippen MR) is 57.7 cm³/mol. The molecule has 4 N–H and O–H groups in total. The quantitative estimate of drug-likeness (QED) is 0.705. The fraction of sp³-hybridized carbons (Fsp3) is 0.182. The molecule has 2 aromatic rings. The molecule has 0 amide bonds. The zero-order chi connectivity index (χ0) is 10.8. The summed E-state index contributed by atoms with van der Waals surface area (Å²) in [5.74, 6) is -1.55. The Hall–Kier alpha value is -1.81. The van der Waals surface area contributed by atoms with Crippen LogP contribution < -0.4 is 5.73 Å². The fourth-order valence-corrected chi connectivity index (χ4v) is 1.64. The lowest BCUT2D eigenvalue weighted by atomic mass is 10.1. The minimum atomic E-state index is -0.899. The molecule has 0 bridgehead atoms. The van der Waals surface area contributed by atoms with E-state index in [0.717, 1.165) is 10.9 Å². The van der Waals surface area contributed by atoms with Crippen molar-refractivity contribution in [3.05, 3.63) is 36.0 Å². The lowest BCUT2D eigenvalue weighted by Gasteiger charge is -2.05. The van der Waals surface area contributed by atoms with Crippen molar-refractivity contribution in [1.82, 2.24) is 4.98 Å². The molecule has 1 unspecified atom stereocenters. The molecule has 78 valence electrons. The molecule has 0 spiro atoms. The molecule has 1 aromatic heterocycles. The number of fused-ring (bicyclic) bond motifs is 1. The van der Waals surface area contributed by atoms with E-state index < -0.39 is 11.9 Å². The third-order valence-corrected chi connectivity index (χ3v) is 2.46. The number of rotatable bonds is 3. The summed E-state index contributed by atoms with van der Waals surface area (Å²) in [5.41, 5.74) is 7.02. The Kier molecular flexibility index (Phi) is 2.43. The van der Waals surface area contributed by atoms with Crippen molar-refractivity contribution in [1.29, 1.82) is 0 Å². The summed E-state index contributed by atoms with van der Waals surface area (Å²) in [5, 5.41) is 9.96. The molecule has 1 heterocycles. The van der Waals surface area contributed by atoms with E-state index in [4.69, 9.17) is 10.8 Å². The monoisotopic (exact) mass is 204 g/mol. The summed E-state index contributed by atoms with van der Waals surface area (Å²) in [6, 6.07) is 9.50. The number of nitrogens with two attached hydrogens (primary N) is 1. The second kappa shape index (κ2) is 3.74. The van der Waals surface area contributed by atoms with Crippen molar-refractivity contribution in [3.8, 4) is 0 Å². The lowest BCUT2D eigenvalue weighted by Crippen LogP contribution is -2.21. The van der Waals surface area contributed by atoms with Gasteiger partial charge in [0.1, 0.15) is 5.92 Å². The first kappa shape index (κ1) is 9.73. The Morgan fingerprint density at radius 1 is 1.47 bits per heavy atom. The zero-order valence-electron chi connectivity index (χ0n) is 8.10. The van der Waals surface area contributed by atoms with Crippen LogP contribution in [0.15, 0.2) is 30.3 Å². The maximum Gasteiger partial charge on any atom is 0.313 e. The second-order valence-electron chi connectivity index (χ2n) is 3.44. The van der Waals surface area contributed by atoms with Gasteiger partial charge in [-0.05, 0) is 17.5 Å². The van der Waals surface area contributed by atoms with Gasteiger partial charge in [-0.15, -0.1) is 0 Å². The third-order valence-electron chi connectivity index (χ3n) is 2.46. The van der Waals surface area contributed by atoms with E-state index in [-0.39, 0.29) is 6.54 Å². The van der Waals surface area contributed by atoms with Gasteiger partial charge in [0.2, 0.25) is 0 Å². The molecule has 0 aliphatic rings. The van der Waals surface area contributed by atoms with Crippen molar-refractivity contribution in [2.45, 2.75) is 5.92 Å². The van der Waals surface area contributed by atoms with Gasteiger partial charge in [0.05, 0.1) is 0 Å². The highest BCUT2D eigenvalue weighted by molar-refractivity contribution is 5.83. The normalized spacial score (nSPS) is 12.9.